The lowest BCUT2D eigenvalue weighted by molar-refractivity contribution is -0.0136. The summed E-state index contributed by atoms with van der Waals surface area (Å²) in [4.78, 5) is 17.4. The number of aryl methyl sites for hydroxylation is 2. The van der Waals surface area contributed by atoms with Crippen molar-refractivity contribution >= 4 is 17.2 Å². The zero-order valence-corrected chi connectivity index (χ0v) is 14.1. The van der Waals surface area contributed by atoms with Crippen LogP contribution in [0.5, 0.6) is 5.75 Å². The maximum Gasteiger partial charge on any atom is 0.261 e. The summed E-state index contributed by atoms with van der Waals surface area (Å²) in [7, 11) is 0. The number of hydrogen-bond donors (Lipinski definition) is 1. The van der Waals surface area contributed by atoms with Crippen molar-refractivity contribution in [3.05, 3.63) is 45.9 Å². The molecule has 1 aliphatic rings. The van der Waals surface area contributed by atoms with Gasteiger partial charge in [0.2, 0.25) is 0 Å². The number of pyridine rings is 1. The number of ether oxygens (including phenoxy) is 2. The number of rotatable bonds is 4. The van der Waals surface area contributed by atoms with Crippen molar-refractivity contribution in [1.82, 2.24) is 10.3 Å². The zero-order chi connectivity index (χ0) is 16.2. The summed E-state index contributed by atoms with van der Waals surface area (Å²) in [6, 6.07) is 5.68. The summed E-state index contributed by atoms with van der Waals surface area (Å²) in [5.74, 6) is 0.651. The van der Waals surface area contributed by atoms with Gasteiger partial charge in [-0.2, -0.15) is 0 Å². The second-order valence-electron chi connectivity index (χ2n) is 5.67. The first-order chi connectivity index (χ1) is 11.1. The van der Waals surface area contributed by atoms with E-state index in [1.807, 2.05) is 37.4 Å². The SMILES string of the molecule is Cc1ccc(O[C@H]2COCC[C@H]2NC(=O)c2sccc2C)cn1. The van der Waals surface area contributed by atoms with Gasteiger partial charge < -0.3 is 14.8 Å². The van der Waals surface area contributed by atoms with Crippen LogP contribution in [-0.2, 0) is 4.74 Å². The Hall–Kier alpha value is -1.92. The molecule has 1 fully saturated rings. The zero-order valence-electron chi connectivity index (χ0n) is 13.2. The molecule has 1 aliphatic heterocycles. The number of nitrogens with zero attached hydrogens (tertiary/aromatic N) is 1. The van der Waals surface area contributed by atoms with Crippen LogP contribution in [0.15, 0.2) is 29.8 Å². The number of amides is 1. The monoisotopic (exact) mass is 332 g/mol. The molecule has 1 N–H and O–H groups in total. The van der Waals surface area contributed by atoms with Crippen LogP contribution in [0.1, 0.15) is 27.3 Å². The summed E-state index contributed by atoms with van der Waals surface area (Å²) in [5, 5.41) is 5.02. The second kappa shape index (κ2) is 7.10. The van der Waals surface area contributed by atoms with E-state index in [0.29, 0.717) is 19.0 Å². The largest absolute Gasteiger partial charge is 0.484 e. The molecule has 23 heavy (non-hydrogen) atoms. The van der Waals surface area contributed by atoms with Gasteiger partial charge in [-0.15, -0.1) is 11.3 Å². The predicted octanol–water partition coefficient (Wildman–Crippen LogP) is 2.73. The molecule has 1 saturated heterocycles. The van der Waals surface area contributed by atoms with Crippen molar-refractivity contribution in [3.8, 4) is 5.75 Å². The molecule has 0 aliphatic carbocycles. The van der Waals surface area contributed by atoms with E-state index in [4.69, 9.17) is 9.47 Å². The molecule has 6 heteroatoms. The van der Waals surface area contributed by atoms with E-state index < -0.39 is 0 Å². The lowest BCUT2D eigenvalue weighted by Gasteiger charge is -2.32. The minimum absolute atomic E-state index is 0.0416. The Morgan fingerprint density at radius 1 is 1.39 bits per heavy atom. The van der Waals surface area contributed by atoms with Gasteiger partial charge in [-0.25, -0.2) is 0 Å². The van der Waals surface area contributed by atoms with Gasteiger partial charge in [-0.05, 0) is 49.4 Å². The molecule has 3 rings (SSSR count). The molecule has 2 aromatic rings. The van der Waals surface area contributed by atoms with E-state index in [9.17, 15) is 4.79 Å². The fraction of sp³-hybridized carbons (Fsp3) is 0.412. The Labute approximate surface area is 139 Å². The third-order valence-corrected chi connectivity index (χ3v) is 4.88. The van der Waals surface area contributed by atoms with Crippen LogP contribution in [0.4, 0.5) is 0 Å². The van der Waals surface area contributed by atoms with Crippen molar-refractivity contribution < 1.29 is 14.3 Å². The van der Waals surface area contributed by atoms with E-state index in [0.717, 1.165) is 22.6 Å². The van der Waals surface area contributed by atoms with Crippen LogP contribution >= 0.6 is 11.3 Å². The molecule has 122 valence electrons. The van der Waals surface area contributed by atoms with Gasteiger partial charge in [0.05, 0.1) is 23.7 Å². The van der Waals surface area contributed by atoms with E-state index in [1.54, 1.807) is 6.20 Å². The molecule has 0 spiro atoms. The maximum atomic E-state index is 12.4. The summed E-state index contributed by atoms with van der Waals surface area (Å²) < 4.78 is 11.5. The molecule has 3 heterocycles. The van der Waals surface area contributed by atoms with Crippen LogP contribution in [0, 0.1) is 13.8 Å². The lowest BCUT2D eigenvalue weighted by atomic mass is 10.1. The number of thiophene rings is 1. The summed E-state index contributed by atoms with van der Waals surface area (Å²) in [6.07, 6.45) is 2.23. The number of aromatic nitrogens is 1. The van der Waals surface area contributed by atoms with Gasteiger partial charge in [-0.1, -0.05) is 0 Å². The number of hydrogen-bond acceptors (Lipinski definition) is 5. The Kier molecular flexibility index (Phi) is 4.93. The van der Waals surface area contributed by atoms with Gasteiger partial charge in [0, 0.05) is 12.3 Å². The molecule has 5 nitrogen and oxygen atoms in total. The topological polar surface area (TPSA) is 60.5 Å². The van der Waals surface area contributed by atoms with Crippen molar-refractivity contribution in [2.75, 3.05) is 13.2 Å². The Morgan fingerprint density at radius 3 is 2.96 bits per heavy atom. The smallest absolute Gasteiger partial charge is 0.261 e. The molecule has 2 atom stereocenters. The van der Waals surface area contributed by atoms with Crippen molar-refractivity contribution in [2.24, 2.45) is 0 Å². The van der Waals surface area contributed by atoms with Gasteiger partial charge in [0.15, 0.2) is 0 Å². The molecule has 2 aromatic heterocycles. The number of carbonyl (C=O) groups excluding carboxylic acids is 1. The third-order valence-electron chi connectivity index (χ3n) is 3.86. The van der Waals surface area contributed by atoms with Crippen LogP contribution in [0.3, 0.4) is 0 Å². The summed E-state index contributed by atoms with van der Waals surface area (Å²) >= 11 is 1.46. The summed E-state index contributed by atoms with van der Waals surface area (Å²) in [6.45, 7) is 4.96. The third kappa shape index (κ3) is 3.89. The summed E-state index contributed by atoms with van der Waals surface area (Å²) in [5.41, 5.74) is 1.94. The molecule has 0 bridgehead atoms. The molecular formula is C17H20N2O3S. The van der Waals surface area contributed by atoms with Crippen LogP contribution in [0.25, 0.3) is 0 Å². The maximum absolute atomic E-state index is 12.4. The highest BCUT2D eigenvalue weighted by molar-refractivity contribution is 7.12. The van der Waals surface area contributed by atoms with Crippen LogP contribution in [0.2, 0.25) is 0 Å². The minimum atomic E-state index is -0.211. The van der Waals surface area contributed by atoms with Gasteiger partial charge in [0.25, 0.3) is 5.91 Å². The average Bonchev–Trinajstić information content (AvgIpc) is 2.97. The van der Waals surface area contributed by atoms with E-state index in [-0.39, 0.29) is 18.1 Å². The van der Waals surface area contributed by atoms with Gasteiger partial charge in [0.1, 0.15) is 11.9 Å². The number of carbonyl (C=O) groups is 1. The first-order valence-corrected chi connectivity index (χ1v) is 8.53. The van der Waals surface area contributed by atoms with Gasteiger partial charge >= 0.3 is 0 Å². The van der Waals surface area contributed by atoms with Crippen molar-refractivity contribution in [1.29, 1.82) is 0 Å². The second-order valence-corrected chi connectivity index (χ2v) is 6.58. The fourth-order valence-corrected chi connectivity index (χ4v) is 3.36. The Morgan fingerprint density at radius 2 is 2.26 bits per heavy atom. The molecule has 0 aromatic carbocycles. The molecular weight excluding hydrogens is 312 g/mol. The highest BCUT2D eigenvalue weighted by Gasteiger charge is 2.29. The fourth-order valence-electron chi connectivity index (χ4n) is 2.53. The van der Waals surface area contributed by atoms with Crippen molar-refractivity contribution in [2.45, 2.75) is 32.4 Å². The quantitative estimate of drug-likeness (QED) is 0.935. The highest BCUT2D eigenvalue weighted by Crippen LogP contribution is 2.20. The van der Waals surface area contributed by atoms with Crippen LogP contribution < -0.4 is 10.1 Å². The van der Waals surface area contributed by atoms with E-state index in [1.165, 1.54) is 11.3 Å². The Bertz CT molecular complexity index is 669. The molecule has 1 amide bonds. The van der Waals surface area contributed by atoms with Crippen LogP contribution in [-0.4, -0.2) is 36.3 Å². The first-order valence-electron chi connectivity index (χ1n) is 7.65. The Balaban J connectivity index is 1.67. The van der Waals surface area contributed by atoms with E-state index in [2.05, 4.69) is 10.3 Å². The van der Waals surface area contributed by atoms with Gasteiger partial charge in [-0.3, -0.25) is 9.78 Å². The average molecular weight is 332 g/mol. The molecule has 0 unspecified atom stereocenters. The minimum Gasteiger partial charge on any atom is -0.484 e. The predicted molar refractivity (Wildman–Crippen MR) is 89.1 cm³/mol. The normalized spacial score (nSPS) is 21.0. The number of nitrogens with one attached hydrogen (secondary N) is 1. The van der Waals surface area contributed by atoms with Crippen molar-refractivity contribution in [3.63, 3.8) is 0 Å². The van der Waals surface area contributed by atoms with E-state index >= 15 is 0 Å². The molecule has 0 radical (unpaired) electrons. The first kappa shape index (κ1) is 16.0. The molecule has 0 saturated carbocycles. The lowest BCUT2D eigenvalue weighted by Crippen LogP contribution is -2.51. The highest BCUT2D eigenvalue weighted by atomic mass is 32.1. The standard InChI is InChI=1S/C17H20N2O3S/c1-11-6-8-23-16(11)17(20)19-14-5-7-21-10-15(14)22-13-4-3-12(2)18-9-13/h3-4,6,8-9,14-15H,5,7,10H2,1-2H3,(H,19,20)/t14-,15+/m1/s1.